The van der Waals surface area contributed by atoms with Crippen LogP contribution < -0.4 is 0 Å². The van der Waals surface area contributed by atoms with Gasteiger partial charge in [-0.15, -0.1) is 47.5 Å². The normalized spacial score (nSPS) is 13.1. The fourth-order valence-corrected chi connectivity index (χ4v) is 7.24. The molecule has 0 aliphatic heterocycles. The molecule has 4 aromatic carbocycles. The van der Waals surface area contributed by atoms with Gasteiger partial charge >= 0.3 is 0 Å². The number of rotatable bonds is 6. The molecule has 6 nitrogen and oxygen atoms in total. The third-order valence-electron chi connectivity index (χ3n) is 10.8. The molecule has 0 aliphatic rings. The second-order valence-electron chi connectivity index (χ2n) is 18.4. The first-order chi connectivity index (χ1) is 29.0. The zero-order valence-corrected chi connectivity index (χ0v) is 38.9. The van der Waals surface area contributed by atoms with Gasteiger partial charge in [0.25, 0.3) is 0 Å². The van der Waals surface area contributed by atoms with E-state index in [1.165, 1.54) is 46.8 Å². The number of hydrogen-bond acceptors (Lipinski definition) is 6. The van der Waals surface area contributed by atoms with Gasteiger partial charge in [0.15, 0.2) is 16.7 Å². The Morgan fingerprint density at radius 1 is 0.717 bits per heavy atom. The Morgan fingerprint density at radius 3 is 2.00 bits per heavy atom. The van der Waals surface area contributed by atoms with Gasteiger partial charge in [-0.3, -0.25) is 9.37 Å². The number of hydrogen-bond donors (Lipinski definition) is 0. The molecule has 0 bridgehead atoms. The molecule has 8 aromatic rings. The van der Waals surface area contributed by atoms with Gasteiger partial charge in [0.1, 0.15) is 6.33 Å². The van der Waals surface area contributed by atoms with Crippen LogP contribution in [0.2, 0.25) is 0 Å². The maximum Gasteiger partial charge on any atom is 0.228 e. The molecular formula is C52H55FIrN4O2-2. The predicted molar refractivity (Wildman–Crippen MR) is 239 cm³/mol. The van der Waals surface area contributed by atoms with Gasteiger partial charge in [0.2, 0.25) is 5.89 Å². The standard InChI is InChI=1S/C37H40N3O2.C15H15FN.Ir/c1-19(2)23-15-26(20(3)4)32(27(16-23)21(5)6)36-40-33-29(41-36)14-13-25-31-22(7)11-12-24(34(31)42-35(25)33)28-17-30(37(8,9)10)39-18-38-28;1-15(2,3)12-6-9-14(17-10-12)11-4-7-13(16)8-5-11;/h11,13-21H,1-10H3;4,6-10H,1-3H3;/q2*-1;/i7D3;;. The van der Waals surface area contributed by atoms with E-state index in [1.54, 1.807) is 6.07 Å². The van der Waals surface area contributed by atoms with E-state index in [9.17, 15) is 4.39 Å². The van der Waals surface area contributed by atoms with Crippen molar-refractivity contribution >= 4 is 33.0 Å². The monoisotopic (exact) mass is 982 g/mol. The maximum absolute atomic E-state index is 12.8. The molecule has 0 atom stereocenters. The molecule has 1 radical (unpaired) electrons. The topological polar surface area (TPSA) is 77.8 Å². The van der Waals surface area contributed by atoms with Gasteiger partial charge in [-0.05, 0) is 68.9 Å². The van der Waals surface area contributed by atoms with Gasteiger partial charge in [-0.1, -0.05) is 131 Å². The van der Waals surface area contributed by atoms with E-state index >= 15 is 0 Å². The number of benzene rings is 4. The molecule has 0 fully saturated rings. The molecule has 0 N–H and O–H groups in total. The summed E-state index contributed by atoms with van der Waals surface area (Å²) in [5, 5.41) is 1.17. The van der Waals surface area contributed by atoms with Crippen LogP contribution in [0.15, 0.2) is 88.1 Å². The van der Waals surface area contributed by atoms with E-state index in [1.807, 2.05) is 30.5 Å². The number of pyridine rings is 1. The molecule has 0 amide bonds. The van der Waals surface area contributed by atoms with Crippen molar-refractivity contribution in [3.8, 4) is 34.0 Å². The number of furan rings is 1. The number of oxazole rings is 1. The van der Waals surface area contributed by atoms with Crippen molar-refractivity contribution < 1.29 is 37.4 Å². The number of nitrogens with zero attached hydrogens (tertiary/aromatic N) is 4. The first-order valence-electron chi connectivity index (χ1n) is 21.9. The molecule has 4 aromatic heterocycles. The molecule has 8 heteroatoms. The average molecular weight is 982 g/mol. The molecular weight excluding hydrogens is 924 g/mol. The van der Waals surface area contributed by atoms with Crippen LogP contribution in [-0.2, 0) is 30.9 Å². The number of aromatic nitrogens is 4. The second-order valence-corrected chi connectivity index (χ2v) is 18.4. The van der Waals surface area contributed by atoms with Crippen molar-refractivity contribution in [1.29, 1.82) is 0 Å². The fourth-order valence-electron chi connectivity index (χ4n) is 7.24. The van der Waals surface area contributed by atoms with Crippen LogP contribution in [0.25, 0.3) is 67.0 Å². The minimum Gasteiger partial charge on any atom is -0.498 e. The van der Waals surface area contributed by atoms with Crippen LogP contribution >= 0.6 is 0 Å². The first kappa shape index (κ1) is 40.4. The van der Waals surface area contributed by atoms with E-state index in [0.29, 0.717) is 56.1 Å². The number of halogens is 1. The van der Waals surface area contributed by atoms with Crippen LogP contribution in [-0.4, -0.2) is 19.9 Å². The average Bonchev–Trinajstić information content (AvgIpc) is 3.82. The quantitative estimate of drug-likeness (QED) is 0.155. The Kier molecular flexibility index (Phi) is 11.5. The summed E-state index contributed by atoms with van der Waals surface area (Å²) in [4.78, 5) is 18.5. The van der Waals surface area contributed by atoms with E-state index in [-0.39, 0.29) is 54.2 Å². The number of fused-ring (bicyclic) bond motifs is 5. The molecule has 313 valence electrons. The Balaban J connectivity index is 0.000000308. The summed E-state index contributed by atoms with van der Waals surface area (Å²) in [6.45, 7) is 23.5. The summed E-state index contributed by atoms with van der Waals surface area (Å²) in [7, 11) is 0. The minimum absolute atomic E-state index is 0. The number of aryl methyl sites for hydroxylation is 1. The molecule has 60 heavy (non-hydrogen) atoms. The first-order valence-corrected chi connectivity index (χ1v) is 20.4. The molecule has 0 aliphatic carbocycles. The predicted octanol–water partition coefficient (Wildman–Crippen LogP) is 14.6. The van der Waals surface area contributed by atoms with Crippen molar-refractivity contribution in [1.82, 2.24) is 19.9 Å². The Morgan fingerprint density at radius 2 is 1.43 bits per heavy atom. The summed E-state index contributed by atoms with van der Waals surface area (Å²) in [5.74, 6) is 1.15. The maximum atomic E-state index is 12.8. The van der Waals surface area contributed by atoms with Crippen molar-refractivity contribution in [3.63, 3.8) is 0 Å². The van der Waals surface area contributed by atoms with Gasteiger partial charge in [0.05, 0.1) is 5.58 Å². The molecule has 8 rings (SSSR count). The van der Waals surface area contributed by atoms with E-state index in [4.69, 9.17) is 17.9 Å². The van der Waals surface area contributed by atoms with Crippen molar-refractivity contribution in [3.05, 3.63) is 131 Å². The molecule has 0 saturated heterocycles. The van der Waals surface area contributed by atoms with Crippen molar-refractivity contribution in [2.75, 3.05) is 0 Å². The van der Waals surface area contributed by atoms with E-state index < -0.39 is 6.85 Å². The van der Waals surface area contributed by atoms with Crippen LogP contribution in [0.5, 0.6) is 0 Å². The molecule has 0 saturated carbocycles. The zero-order valence-electron chi connectivity index (χ0n) is 39.6. The molecule has 4 heterocycles. The van der Waals surface area contributed by atoms with Crippen LogP contribution in [0, 0.1) is 24.8 Å². The Bertz CT molecular complexity index is 2870. The van der Waals surface area contributed by atoms with Gasteiger partial charge in [-0.25, -0.2) is 9.97 Å². The molecule has 0 unspecified atom stereocenters. The van der Waals surface area contributed by atoms with Crippen LogP contribution in [0.3, 0.4) is 0 Å². The summed E-state index contributed by atoms with van der Waals surface area (Å²) in [5.41, 5.74) is 11.6. The summed E-state index contributed by atoms with van der Waals surface area (Å²) in [6, 6.07) is 26.2. The largest absolute Gasteiger partial charge is 0.498 e. The minimum atomic E-state index is -2.38. The fraction of sp³-hybridized carbons (Fsp3) is 0.346. The SMILES string of the molecule is CC(C)(C)c1ccc(-c2[c-]cc(F)cc2)nc1.[2H]C([2H])([2H])c1c[c-]c(-c2cc(C(C)(C)C)ncn2)c2oc3c(ccc4oc(-c5c(C(C)C)cc(C(C)C)cc5C(C)C)nc43)c12.[Ir]. The van der Waals surface area contributed by atoms with Crippen LogP contribution in [0.1, 0.15) is 138 Å². The zero-order chi connectivity index (χ0) is 45.1. The Labute approximate surface area is 372 Å². The van der Waals surface area contributed by atoms with E-state index in [2.05, 4.69) is 128 Å². The van der Waals surface area contributed by atoms with Gasteiger partial charge in [0, 0.05) is 58.3 Å². The summed E-state index contributed by atoms with van der Waals surface area (Å²) < 4.78 is 50.8. The van der Waals surface area contributed by atoms with Crippen LogP contribution in [0.4, 0.5) is 4.39 Å². The smallest absolute Gasteiger partial charge is 0.228 e. The molecule has 0 spiro atoms. The van der Waals surface area contributed by atoms with Gasteiger partial charge < -0.3 is 13.8 Å². The Hall–Kier alpha value is -5.04. The third-order valence-corrected chi connectivity index (χ3v) is 10.8. The second kappa shape index (κ2) is 17.1. The van der Waals surface area contributed by atoms with Crippen molar-refractivity contribution in [2.24, 2.45) is 0 Å². The van der Waals surface area contributed by atoms with Crippen molar-refractivity contribution in [2.45, 2.75) is 119 Å². The summed E-state index contributed by atoms with van der Waals surface area (Å²) >= 11 is 0. The summed E-state index contributed by atoms with van der Waals surface area (Å²) in [6.07, 6.45) is 3.40. The third kappa shape index (κ3) is 8.87. The van der Waals surface area contributed by atoms with Gasteiger partial charge in [-0.2, -0.15) is 0 Å². The van der Waals surface area contributed by atoms with E-state index in [0.717, 1.165) is 22.5 Å².